The van der Waals surface area contributed by atoms with E-state index < -0.39 is 54.8 Å². The van der Waals surface area contributed by atoms with E-state index in [4.69, 9.17) is 10.2 Å². The number of carboxylic acids is 2. The Labute approximate surface area is 177 Å². The highest BCUT2D eigenvalue weighted by molar-refractivity contribution is 5.94. The van der Waals surface area contributed by atoms with Crippen molar-refractivity contribution in [2.45, 2.75) is 50.2 Å². The van der Waals surface area contributed by atoms with Gasteiger partial charge in [0.15, 0.2) is 0 Å². The van der Waals surface area contributed by atoms with Gasteiger partial charge in [-0.05, 0) is 25.8 Å². The first-order valence-electron chi connectivity index (χ1n) is 9.79. The summed E-state index contributed by atoms with van der Waals surface area (Å²) in [5, 5.41) is 27.9. The SMILES string of the molecule is O=C(O)CCC(NC(=O)C(Cc1cnc[nH]1)NC(=O)C1CCCN1)C(=O)NCC(=O)O. The van der Waals surface area contributed by atoms with Crippen molar-refractivity contribution in [3.05, 3.63) is 18.2 Å². The van der Waals surface area contributed by atoms with Gasteiger partial charge in [0, 0.05) is 24.7 Å². The van der Waals surface area contributed by atoms with Crippen LogP contribution < -0.4 is 21.3 Å². The summed E-state index contributed by atoms with van der Waals surface area (Å²) in [6.07, 6.45) is 3.75. The van der Waals surface area contributed by atoms with Crippen molar-refractivity contribution in [3.63, 3.8) is 0 Å². The minimum Gasteiger partial charge on any atom is -0.481 e. The zero-order valence-electron chi connectivity index (χ0n) is 16.7. The molecule has 1 aromatic rings. The minimum absolute atomic E-state index is 0.0622. The van der Waals surface area contributed by atoms with E-state index in [1.54, 1.807) is 0 Å². The van der Waals surface area contributed by atoms with Crippen molar-refractivity contribution in [3.8, 4) is 0 Å². The largest absolute Gasteiger partial charge is 0.481 e. The topological polar surface area (TPSA) is 203 Å². The molecule has 1 aromatic heterocycles. The standard InChI is InChI=1S/C18H26N6O7/c25-14(26)4-3-12(16(29)21-8-15(27)28)23-18(31)13(6-10-7-19-9-22-10)24-17(30)11-2-1-5-20-11/h7,9,11-13,20H,1-6,8H2,(H,19,22)(H,21,29)(H,23,31)(H,24,30)(H,25,26)(H,27,28). The maximum atomic E-state index is 12.9. The van der Waals surface area contributed by atoms with Crippen molar-refractivity contribution in [1.82, 2.24) is 31.2 Å². The summed E-state index contributed by atoms with van der Waals surface area (Å²) >= 11 is 0. The predicted octanol–water partition coefficient (Wildman–Crippen LogP) is -2.26. The number of aromatic nitrogens is 2. The monoisotopic (exact) mass is 438 g/mol. The molecular formula is C18H26N6O7. The Kier molecular flexibility index (Phi) is 8.94. The van der Waals surface area contributed by atoms with Gasteiger partial charge in [-0.3, -0.25) is 24.0 Å². The number of nitrogens with one attached hydrogen (secondary N) is 5. The molecule has 7 N–H and O–H groups in total. The fourth-order valence-electron chi connectivity index (χ4n) is 3.10. The first-order chi connectivity index (χ1) is 14.8. The maximum absolute atomic E-state index is 12.9. The molecule has 1 aliphatic heterocycles. The van der Waals surface area contributed by atoms with Crippen LogP contribution in [0.5, 0.6) is 0 Å². The minimum atomic E-state index is -1.29. The van der Waals surface area contributed by atoms with Gasteiger partial charge in [-0.1, -0.05) is 0 Å². The number of carbonyl (C=O) groups excluding carboxylic acids is 3. The van der Waals surface area contributed by atoms with E-state index in [0.29, 0.717) is 18.7 Å². The number of hydrogen-bond donors (Lipinski definition) is 7. The predicted molar refractivity (Wildman–Crippen MR) is 105 cm³/mol. The summed E-state index contributed by atoms with van der Waals surface area (Å²) in [6.45, 7) is 0.0104. The molecule has 3 atom stereocenters. The molecule has 0 saturated carbocycles. The second-order valence-corrected chi connectivity index (χ2v) is 7.10. The Morgan fingerprint density at radius 1 is 1.10 bits per heavy atom. The molecule has 13 nitrogen and oxygen atoms in total. The molecule has 3 unspecified atom stereocenters. The fourth-order valence-corrected chi connectivity index (χ4v) is 3.10. The molecule has 0 aliphatic carbocycles. The lowest BCUT2D eigenvalue weighted by molar-refractivity contribution is -0.140. The summed E-state index contributed by atoms with van der Waals surface area (Å²) in [6, 6.07) is -2.78. The Hall–Kier alpha value is -3.48. The van der Waals surface area contributed by atoms with Crippen LogP contribution in [0, 0.1) is 0 Å². The van der Waals surface area contributed by atoms with E-state index in [0.717, 1.165) is 6.42 Å². The van der Waals surface area contributed by atoms with Gasteiger partial charge in [0.2, 0.25) is 17.7 Å². The molecule has 0 aromatic carbocycles. The number of carboxylic acid groups (broad SMARTS) is 2. The van der Waals surface area contributed by atoms with Gasteiger partial charge >= 0.3 is 11.9 Å². The third kappa shape index (κ3) is 8.04. The van der Waals surface area contributed by atoms with Gasteiger partial charge < -0.3 is 36.5 Å². The Morgan fingerprint density at radius 3 is 2.45 bits per heavy atom. The van der Waals surface area contributed by atoms with Gasteiger partial charge in [0.25, 0.3) is 0 Å². The number of rotatable bonds is 12. The average Bonchev–Trinajstić information content (AvgIpc) is 3.42. The number of aliphatic carboxylic acids is 2. The van der Waals surface area contributed by atoms with Crippen LogP contribution in [-0.4, -0.2) is 81.1 Å². The molecule has 13 heteroatoms. The second-order valence-electron chi connectivity index (χ2n) is 7.10. The second kappa shape index (κ2) is 11.6. The van der Waals surface area contributed by atoms with Crippen LogP contribution in [0.1, 0.15) is 31.4 Å². The zero-order valence-corrected chi connectivity index (χ0v) is 16.7. The van der Waals surface area contributed by atoms with Crippen LogP contribution in [0.4, 0.5) is 0 Å². The first-order valence-corrected chi connectivity index (χ1v) is 9.79. The normalized spacial score (nSPS) is 17.4. The molecule has 0 radical (unpaired) electrons. The van der Waals surface area contributed by atoms with E-state index in [1.807, 2.05) is 0 Å². The smallest absolute Gasteiger partial charge is 0.322 e. The molecule has 0 spiro atoms. The highest BCUT2D eigenvalue weighted by Crippen LogP contribution is 2.07. The van der Waals surface area contributed by atoms with Crippen LogP contribution >= 0.6 is 0 Å². The third-order valence-electron chi connectivity index (χ3n) is 4.68. The number of H-pyrrole nitrogens is 1. The van der Waals surface area contributed by atoms with Crippen LogP contribution in [0.25, 0.3) is 0 Å². The Bertz CT molecular complexity index is 791. The molecule has 3 amide bonds. The summed E-state index contributed by atoms with van der Waals surface area (Å²) in [5.74, 6) is -4.37. The van der Waals surface area contributed by atoms with E-state index in [-0.39, 0.29) is 18.7 Å². The average molecular weight is 438 g/mol. The van der Waals surface area contributed by atoms with Crippen LogP contribution in [0.15, 0.2) is 12.5 Å². The van der Waals surface area contributed by atoms with Crippen molar-refractivity contribution in [1.29, 1.82) is 0 Å². The summed E-state index contributed by atoms with van der Waals surface area (Å²) in [7, 11) is 0. The van der Waals surface area contributed by atoms with Crippen molar-refractivity contribution in [2.75, 3.05) is 13.1 Å². The van der Waals surface area contributed by atoms with Gasteiger partial charge in [-0.25, -0.2) is 4.98 Å². The van der Waals surface area contributed by atoms with Crippen molar-refractivity contribution < 1.29 is 34.2 Å². The van der Waals surface area contributed by atoms with E-state index in [2.05, 4.69) is 31.2 Å². The first kappa shape index (κ1) is 23.8. The maximum Gasteiger partial charge on any atom is 0.322 e. The Balaban J connectivity index is 2.09. The Morgan fingerprint density at radius 2 is 1.87 bits per heavy atom. The van der Waals surface area contributed by atoms with E-state index in [9.17, 15) is 24.0 Å². The molecule has 1 fully saturated rings. The van der Waals surface area contributed by atoms with Gasteiger partial charge in [0.05, 0.1) is 12.4 Å². The summed E-state index contributed by atoms with van der Waals surface area (Å²) in [5.41, 5.74) is 0.567. The zero-order chi connectivity index (χ0) is 22.8. The fraction of sp³-hybridized carbons (Fsp3) is 0.556. The summed E-state index contributed by atoms with van der Waals surface area (Å²) < 4.78 is 0. The number of nitrogens with zero attached hydrogens (tertiary/aromatic N) is 1. The summed E-state index contributed by atoms with van der Waals surface area (Å²) in [4.78, 5) is 66.0. The molecule has 1 aliphatic rings. The van der Waals surface area contributed by atoms with Gasteiger partial charge in [0.1, 0.15) is 18.6 Å². The molecule has 2 heterocycles. The highest BCUT2D eigenvalue weighted by atomic mass is 16.4. The molecule has 0 bridgehead atoms. The lowest BCUT2D eigenvalue weighted by Gasteiger charge is -2.23. The molecule has 2 rings (SSSR count). The number of imidazole rings is 1. The van der Waals surface area contributed by atoms with Crippen molar-refractivity contribution in [2.24, 2.45) is 0 Å². The van der Waals surface area contributed by atoms with Crippen LogP contribution in [0.2, 0.25) is 0 Å². The number of hydrogen-bond acceptors (Lipinski definition) is 7. The molecule has 170 valence electrons. The number of carbonyl (C=O) groups is 5. The van der Waals surface area contributed by atoms with Crippen molar-refractivity contribution >= 4 is 29.7 Å². The third-order valence-corrected chi connectivity index (χ3v) is 4.68. The lowest BCUT2D eigenvalue weighted by atomic mass is 10.1. The van der Waals surface area contributed by atoms with E-state index in [1.165, 1.54) is 12.5 Å². The highest BCUT2D eigenvalue weighted by Gasteiger charge is 2.30. The van der Waals surface area contributed by atoms with Crippen LogP contribution in [-0.2, 0) is 30.4 Å². The lowest BCUT2D eigenvalue weighted by Crippen LogP contribution is -2.56. The number of aromatic amines is 1. The number of amides is 3. The van der Waals surface area contributed by atoms with Gasteiger partial charge in [-0.2, -0.15) is 0 Å². The molecular weight excluding hydrogens is 412 g/mol. The quantitative estimate of drug-likeness (QED) is 0.188. The molecule has 1 saturated heterocycles. The van der Waals surface area contributed by atoms with E-state index >= 15 is 0 Å². The van der Waals surface area contributed by atoms with Gasteiger partial charge in [-0.15, -0.1) is 0 Å². The molecule has 31 heavy (non-hydrogen) atoms. The van der Waals surface area contributed by atoms with Crippen LogP contribution in [0.3, 0.4) is 0 Å².